The summed E-state index contributed by atoms with van der Waals surface area (Å²) in [6.45, 7) is 2.66. The zero-order chi connectivity index (χ0) is 30.8. The summed E-state index contributed by atoms with van der Waals surface area (Å²) in [6, 6.07) is 24.3. The molecule has 1 aliphatic rings. The van der Waals surface area contributed by atoms with Crippen molar-refractivity contribution < 1.29 is 29.2 Å². The summed E-state index contributed by atoms with van der Waals surface area (Å²) in [6.07, 6.45) is 4.58. The number of hydrogen-bond donors (Lipinski definition) is 2. The van der Waals surface area contributed by atoms with E-state index in [-0.39, 0.29) is 25.4 Å². The number of aliphatic hydroxyl groups is 2. The molecule has 3 atom stereocenters. The molecule has 0 aliphatic carbocycles. The third kappa shape index (κ3) is 8.31. The summed E-state index contributed by atoms with van der Waals surface area (Å²) in [4.78, 5) is 23.7. The number of fused-ring (bicyclic) bond motifs is 1. The van der Waals surface area contributed by atoms with Gasteiger partial charge in [-0.15, -0.1) is 0 Å². The van der Waals surface area contributed by atoms with Gasteiger partial charge in [-0.25, -0.2) is 9.88 Å². The average Bonchev–Trinajstić information content (AvgIpc) is 3.04. The Kier molecular flexibility index (Phi) is 10.8. The Hall–Kier alpha value is -4.05. The van der Waals surface area contributed by atoms with Crippen molar-refractivity contribution in [3.8, 4) is 17.2 Å². The van der Waals surface area contributed by atoms with Crippen LogP contribution in [0.3, 0.4) is 0 Å². The van der Waals surface area contributed by atoms with Gasteiger partial charge in [-0.1, -0.05) is 56.5 Å². The Morgan fingerprint density at radius 2 is 1.66 bits per heavy atom. The summed E-state index contributed by atoms with van der Waals surface area (Å²) in [5.74, 6) is 1.75. The van der Waals surface area contributed by atoms with E-state index < -0.39 is 18.1 Å². The van der Waals surface area contributed by atoms with E-state index in [0.29, 0.717) is 42.1 Å². The van der Waals surface area contributed by atoms with Gasteiger partial charge in [0, 0.05) is 25.8 Å². The van der Waals surface area contributed by atoms with Gasteiger partial charge in [0.1, 0.15) is 29.1 Å². The van der Waals surface area contributed by atoms with Crippen LogP contribution < -0.4 is 9.47 Å². The second kappa shape index (κ2) is 15.1. The van der Waals surface area contributed by atoms with Crippen molar-refractivity contribution in [1.29, 1.82) is 0 Å². The van der Waals surface area contributed by atoms with Gasteiger partial charge in [0.15, 0.2) is 6.23 Å². The summed E-state index contributed by atoms with van der Waals surface area (Å²) in [7, 11) is 0. The summed E-state index contributed by atoms with van der Waals surface area (Å²) in [5.41, 5.74) is 0.487. The predicted molar refractivity (Wildman–Crippen MR) is 167 cm³/mol. The van der Waals surface area contributed by atoms with Gasteiger partial charge in [-0.05, 0) is 61.4 Å². The van der Waals surface area contributed by atoms with Crippen LogP contribution in [0.2, 0.25) is 0 Å². The zero-order valence-corrected chi connectivity index (χ0v) is 25.2. The molecule has 1 aromatic heterocycles. The molecule has 0 spiro atoms. The monoisotopic (exact) mass is 599 g/mol. The fraction of sp³-hybridized carbons (Fsp3) is 0.400. The van der Waals surface area contributed by atoms with E-state index in [2.05, 4.69) is 16.9 Å². The van der Waals surface area contributed by atoms with Crippen LogP contribution in [0.25, 0.3) is 11.0 Å². The first-order valence-electron chi connectivity index (χ1n) is 15.5. The van der Waals surface area contributed by atoms with Crippen molar-refractivity contribution in [2.75, 3.05) is 13.2 Å². The lowest BCUT2D eigenvalue weighted by atomic mass is 9.86. The van der Waals surface area contributed by atoms with Gasteiger partial charge < -0.3 is 24.4 Å². The van der Waals surface area contributed by atoms with E-state index in [4.69, 9.17) is 14.2 Å². The van der Waals surface area contributed by atoms with E-state index in [1.165, 1.54) is 0 Å². The lowest BCUT2D eigenvalue weighted by molar-refractivity contribution is -0.201. The number of piperidine rings is 1. The lowest BCUT2D eigenvalue weighted by Crippen LogP contribution is -2.55. The number of esters is 1. The van der Waals surface area contributed by atoms with Gasteiger partial charge >= 0.3 is 5.97 Å². The molecule has 0 bridgehead atoms. The van der Waals surface area contributed by atoms with Crippen molar-refractivity contribution in [1.82, 2.24) is 14.9 Å². The van der Waals surface area contributed by atoms with E-state index in [9.17, 15) is 15.0 Å². The second-order valence-electron chi connectivity index (χ2n) is 11.2. The Labute approximate surface area is 258 Å². The minimum absolute atomic E-state index is 0.0709. The third-order valence-corrected chi connectivity index (χ3v) is 7.92. The number of para-hydroxylation sites is 3. The van der Waals surface area contributed by atoms with Crippen molar-refractivity contribution in [3.63, 3.8) is 0 Å². The summed E-state index contributed by atoms with van der Waals surface area (Å²) in [5, 5.41) is 22.9. The Morgan fingerprint density at radius 3 is 2.43 bits per heavy atom. The highest BCUT2D eigenvalue weighted by Gasteiger charge is 2.44. The quantitative estimate of drug-likeness (QED) is 0.127. The van der Waals surface area contributed by atoms with Crippen molar-refractivity contribution >= 4 is 17.0 Å². The molecule has 5 rings (SSSR count). The van der Waals surface area contributed by atoms with E-state index in [0.717, 1.165) is 36.9 Å². The number of unbranched alkanes of at least 4 members (excludes halogenated alkanes) is 3. The normalized spacial score (nSPS) is 19.4. The van der Waals surface area contributed by atoms with Crippen LogP contribution in [0.15, 0.2) is 85.1 Å². The topological polar surface area (TPSA) is 114 Å². The maximum atomic E-state index is 12.8. The van der Waals surface area contributed by atoms with Crippen LogP contribution in [0.1, 0.15) is 64.0 Å². The molecule has 3 aromatic carbocycles. The Balaban J connectivity index is 1.21. The summed E-state index contributed by atoms with van der Waals surface area (Å²) < 4.78 is 17.6. The molecule has 1 aliphatic heterocycles. The fourth-order valence-electron chi connectivity index (χ4n) is 5.41. The number of likely N-dealkylation sites (tertiary alicyclic amines) is 1. The van der Waals surface area contributed by atoms with Crippen LogP contribution in [0.5, 0.6) is 17.2 Å². The number of benzene rings is 3. The number of aliphatic hydroxyl groups excluding tert-OH is 1. The van der Waals surface area contributed by atoms with E-state index in [1.54, 1.807) is 11.1 Å². The first-order chi connectivity index (χ1) is 21.4. The van der Waals surface area contributed by atoms with Gasteiger partial charge in [0.25, 0.3) is 0 Å². The molecule has 2 N–H and O–H groups in total. The molecule has 0 radical (unpaired) electrons. The van der Waals surface area contributed by atoms with Crippen LogP contribution in [-0.2, 0) is 15.1 Å². The lowest BCUT2D eigenvalue weighted by Gasteiger charge is -2.44. The number of carbonyl (C=O) groups is 1. The van der Waals surface area contributed by atoms with Crippen LogP contribution in [0.4, 0.5) is 0 Å². The molecule has 2 unspecified atom stereocenters. The molecule has 1 fully saturated rings. The molecule has 0 saturated carbocycles. The zero-order valence-electron chi connectivity index (χ0n) is 25.2. The predicted octanol–water partition coefficient (Wildman–Crippen LogP) is 6.33. The van der Waals surface area contributed by atoms with Gasteiger partial charge in [0.05, 0.1) is 29.5 Å². The molecule has 44 heavy (non-hydrogen) atoms. The van der Waals surface area contributed by atoms with E-state index in [1.807, 2.05) is 78.9 Å². The molecular weight excluding hydrogens is 558 g/mol. The molecule has 232 valence electrons. The standard InChI is InChI=1S/C35H41N3O6/c1-2-3-4-8-15-34(40)44-33-24-35(41,31-25-36-29-13-9-10-14-30(29)37-31)21-22-38(33)32(39)20-23-42-26-16-18-28(19-17-26)43-27-11-6-5-7-12-27/h5-7,9-14,16-19,25,32-33,39,41H,2-4,8,15,20-24H2,1H3/t32-,33?,35?/m1/s1. The molecule has 9 nitrogen and oxygen atoms in total. The van der Waals surface area contributed by atoms with Crippen molar-refractivity contribution in [2.45, 2.75) is 76.3 Å². The van der Waals surface area contributed by atoms with Gasteiger partial charge in [0.2, 0.25) is 0 Å². The molecule has 9 heteroatoms. The fourth-order valence-corrected chi connectivity index (χ4v) is 5.41. The number of rotatable bonds is 14. The number of carbonyl (C=O) groups excluding carboxylic acids is 1. The smallest absolute Gasteiger partial charge is 0.307 e. The highest BCUT2D eigenvalue weighted by atomic mass is 16.6. The summed E-state index contributed by atoms with van der Waals surface area (Å²) >= 11 is 0. The largest absolute Gasteiger partial charge is 0.493 e. The van der Waals surface area contributed by atoms with Crippen LogP contribution >= 0.6 is 0 Å². The van der Waals surface area contributed by atoms with Crippen molar-refractivity contribution in [3.05, 3.63) is 90.8 Å². The molecular formula is C35H41N3O6. The first kappa shape index (κ1) is 31.4. The highest BCUT2D eigenvalue weighted by Crippen LogP contribution is 2.37. The maximum absolute atomic E-state index is 12.8. The van der Waals surface area contributed by atoms with Gasteiger partial charge in [-0.3, -0.25) is 9.78 Å². The molecule has 0 amide bonds. The first-order valence-corrected chi connectivity index (χ1v) is 15.5. The third-order valence-electron chi connectivity index (χ3n) is 7.92. The molecule has 1 saturated heterocycles. The average molecular weight is 600 g/mol. The van der Waals surface area contributed by atoms with Crippen molar-refractivity contribution in [2.24, 2.45) is 0 Å². The van der Waals surface area contributed by atoms with Crippen LogP contribution in [0, 0.1) is 0 Å². The second-order valence-corrected chi connectivity index (χ2v) is 11.2. The Morgan fingerprint density at radius 1 is 0.955 bits per heavy atom. The van der Waals surface area contributed by atoms with Gasteiger partial charge in [-0.2, -0.15) is 0 Å². The number of aromatic nitrogens is 2. The minimum atomic E-state index is -1.36. The molecule has 2 heterocycles. The minimum Gasteiger partial charge on any atom is -0.493 e. The Bertz CT molecular complexity index is 1490. The SMILES string of the molecule is CCCCCCC(=O)OC1CC(O)(c2cnc3ccccc3n2)CCN1[C@H](O)CCOc1ccc(Oc2ccccc2)cc1. The number of ether oxygens (including phenoxy) is 3. The number of hydrogen-bond acceptors (Lipinski definition) is 9. The highest BCUT2D eigenvalue weighted by molar-refractivity contribution is 5.73. The van der Waals surface area contributed by atoms with E-state index >= 15 is 0 Å². The maximum Gasteiger partial charge on any atom is 0.307 e. The van der Waals surface area contributed by atoms with Crippen LogP contribution in [-0.4, -0.2) is 56.7 Å². The number of nitrogens with zero attached hydrogens (tertiary/aromatic N) is 3. The molecule has 4 aromatic rings.